The highest BCUT2D eigenvalue weighted by Crippen LogP contribution is 2.20. The lowest BCUT2D eigenvalue weighted by Crippen LogP contribution is -2.42. The highest BCUT2D eigenvalue weighted by molar-refractivity contribution is 5.79. The van der Waals surface area contributed by atoms with Gasteiger partial charge in [-0.15, -0.1) is 0 Å². The van der Waals surface area contributed by atoms with Crippen molar-refractivity contribution < 1.29 is 9.53 Å². The van der Waals surface area contributed by atoms with Crippen LogP contribution in [-0.2, 0) is 9.53 Å². The van der Waals surface area contributed by atoms with E-state index in [1.54, 1.807) is 0 Å². The minimum atomic E-state index is 0.234. The van der Waals surface area contributed by atoms with Gasteiger partial charge in [0.05, 0.1) is 12.7 Å². The number of piperidine rings is 1. The van der Waals surface area contributed by atoms with E-state index in [1.165, 1.54) is 0 Å². The first kappa shape index (κ1) is 8.05. The molecule has 12 heavy (non-hydrogen) atoms. The first-order valence-corrected chi connectivity index (χ1v) is 4.68. The van der Waals surface area contributed by atoms with Crippen LogP contribution in [0.15, 0.2) is 0 Å². The van der Waals surface area contributed by atoms with Crippen molar-refractivity contribution in [1.29, 1.82) is 0 Å². The monoisotopic (exact) mass is 169 g/mol. The minimum absolute atomic E-state index is 0.234. The molecule has 0 saturated carbocycles. The molecule has 0 aromatic rings. The van der Waals surface area contributed by atoms with Gasteiger partial charge in [-0.3, -0.25) is 4.79 Å². The van der Waals surface area contributed by atoms with Crippen molar-refractivity contribution in [2.45, 2.75) is 25.9 Å². The lowest BCUT2D eigenvalue weighted by atomic mass is 9.99. The van der Waals surface area contributed by atoms with Crippen LogP contribution in [0.4, 0.5) is 0 Å². The first-order valence-electron chi connectivity index (χ1n) is 4.68. The zero-order valence-corrected chi connectivity index (χ0v) is 7.45. The Kier molecular flexibility index (Phi) is 2.05. The topological polar surface area (TPSA) is 32.8 Å². The Morgan fingerprint density at radius 1 is 1.67 bits per heavy atom. The summed E-state index contributed by atoms with van der Waals surface area (Å²) in [5.74, 6) is 0.550. The van der Waals surface area contributed by atoms with Crippen LogP contribution >= 0.6 is 0 Å². The SMILES string of the molecule is CC1CCCN(C[C@@H]2CO2)C1=O. The number of likely N-dealkylation sites (tertiary alicyclic amines) is 1. The number of ether oxygens (including phenoxy) is 1. The fourth-order valence-corrected chi connectivity index (χ4v) is 1.73. The lowest BCUT2D eigenvalue weighted by molar-refractivity contribution is -0.137. The maximum Gasteiger partial charge on any atom is 0.225 e. The van der Waals surface area contributed by atoms with Crippen molar-refractivity contribution >= 4 is 5.91 Å². The number of carbonyl (C=O) groups excluding carboxylic acids is 1. The molecule has 0 bridgehead atoms. The van der Waals surface area contributed by atoms with Gasteiger partial charge in [-0.2, -0.15) is 0 Å². The van der Waals surface area contributed by atoms with E-state index < -0.39 is 0 Å². The van der Waals surface area contributed by atoms with Crippen LogP contribution in [-0.4, -0.2) is 36.6 Å². The highest BCUT2D eigenvalue weighted by Gasteiger charge is 2.31. The number of amides is 1. The maximum atomic E-state index is 11.6. The summed E-state index contributed by atoms with van der Waals surface area (Å²) in [6.45, 7) is 4.62. The maximum absolute atomic E-state index is 11.6. The number of epoxide rings is 1. The summed E-state index contributed by atoms with van der Waals surface area (Å²) in [6.07, 6.45) is 2.56. The van der Waals surface area contributed by atoms with Crippen LogP contribution in [0, 0.1) is 5.92 Å². The van der Waals surface area contributed by atoms with Crippen LogP contribution in [0.3, 0.4) is 0 Å². The zero-order chi connectivity index (χ0) is 8.55. The van der Waals surface area contributed by atoms with Crippen LogP contribution in [0.1, 0.15) is 19.8 Å². The van der Waals surface area contributed by atoms with Crippen LogP contribution < -0.4 is 0 Å². The molecule has 3 heteroatoms. The Balaban J connectivity index is 1.89. The van der Waals surface area contributed by atoms with Gasteiger partial charge in [0.15, 0.2) is 0 Å². The van der Waals surface area contributed by atoms with E-state index in [4.69, 9.17) is 4.74 Å². The summed E-state index contributed by atoms with van der Waals surface area (Å²) in [6, 6.07) is 0. The molecule has 0 aromatic heterocycles. The molecule has 2 fully saturated rings. The normalized spacial score (nSPS) is 35.4. The molecule has 3 nitrogen and oxygen atoms in total. The van der Waals surface area contributed by atoms with Crippen molar-refractivity contribution in [3.05, 3.63) is 0 Å². The standard InChI is InChI=1S/C9H15NO2/c1-7-3-2-4-10(9(7)11)5-8-6-12-8/h7-8H,2-6H2,1H3/t7?,8-/m1/s1. The molecule has 2 saturated heterocycles. The van der Waals surface area contributed by atoms with Gasteiger partial charge in [-0.05, 0) is 12.8 Å². The molecule has 68 valence electrons. The minimum Gasteiger partial charge on any atom is -0.371 e. The third-order valence-corrected chi connectivity index (χ3v) is 2.62. The fraction of sp³-hybridized carbons (Fsp3) is 0.889. The second-order valence-electron chi connectivity index (χ2n) is 3.78. The molecule has 2 rings (SSSR count). The Labute approximate surface area is 72.7 Å². The molecular formula is C9H15NO2. The van der Waals surface area contributed by atoms with Gasteiger partial charge in [0, 0.05) is 19.0 Å². The summed E-state index contributed by atoms with van der Waals surface area (Å²) in [7, 11) is 0. The summed E-state index contributed by atoms with van der Waals surface area (Å²) in [5.41, 5.74) is 0. The van der Waals surface area contributed by atoms with E-state index in [-0.39, 0.29) is 5.92 Å². The van der Waals surface area contributed by atoms with Gasteiger partial charge < -0.3 is 9.64 Å². The van der Waals surface area contributed by atoms with E-state index in [0.29, 0.717) is 12.0 Å². The van der Waals surface area contributed by atoms with E-state index >= 15 is 0 Å². The van der Waals surface area contributed by atoms with E-state index in [2.05, 4.69) is 0 Å². The molecule has 0 aliphatic carbocycles. The van der Waals surface area contributed by atoms with Crippen molar-refractivity contribution in [3.8, 4) is 0 Å². The second-order valence-corrected chi connectivity index (χ2v) is 3.78. The number of hydrogen-bond acceptors (Lipinski definition) is 2. The molecule has 1 amide bonds. The third kappa shape index (κ3) is 1.61. The quantitative estimate of drug-likeness (QED) is 0.568. The second kappa shape index (κ2) is 3.05. The lowest BCUT2D eigenvalue weighted by Gasteiger charge is -2.30. The molecule has 0 radical (unpaired) electrons. The summed E-state index contributed by atoms with van der Waals surface area (Å²) in [5, 5.41) is 0. The summed E-state index contributed by atoms with van der Waals surface area (Å²) < 4.78 is 5.10. The van der Waals surface area contributed by atoms with Gasteiger partial charge in [-0.25, -0.2) is 0 Å². The predicted molar refractivity (Wildman–Crippen MR) is 44.7 cm³/mol. The summed E-state index contributed by atoms with van der Waals surface area (Å²) in [4.78, 5) is 13.5. The molecule has 2 aliphatic heterocycles. The molecule has 0 N–H and O–H groups in total. The number of carbonyl (C=O) groups is 1. The molecule has 2 heterocycles. The van der Waals surface area contributed by atoms with Gasteiger partial charge in [0.25, 0.3) is 0 Å². The highest BCUT2D eigenvalue weighted by atomic mass is 16.6. The molecule has 0 aromatic carbocycles. The van der Waals surface area contributed by atoms with Crippen LogP contribution in [0.25, 0.3) is 0 Å². The molecular weight excluding hydrogens is 154 g/mol. The average molecular weight is 169 g/mol. The Hall–Kier alpha value is -0.570. The summed E-state index contributed by atoms with van der Waals surface area (Å²) >= 11 is 0. The smallest absolute Gasteiger partial charge is 0.225 e. The predicted octanol–water partition coefficient (Wildman–Crippen LogP) is 0.644. The molecule has 2 aliphatic rings. The Bertz CT molecular complexity index is 189. The van der Waals surface area contributed by atoms with Gasteiger partial charge in [0.1, 0.15) is 0 Å². The van der Waals surface area contributed by atoms with E-state index in [9.17, 15) is 4.79 Å². The van der Waals surface area contributed by atoms with E-state index in [0.717, 1.165) is 32.5 Å². The van der Waals surface area contributed by atoms with Crippen molar-refractivity contribution in [2.24, 2.45) is 5.92 Å². The third-order valence-electron chi connectivity index (χ3n) is 2.62. The van der Waals surface area contributed by atoms with Crippen molar-refractivity contribution in [3.63, 3.8) is 0 Å². The molecule has 1 unspecified atom stereocenters. The zero-order valence-electron chi connectivity index (χ0n) is 7.45. The number of nitrogens with zero attached hydrogens (tertiary/aromatic N) is 1. The largest absolute Gasteiger partial charge is 0.371 e. The Morgan fingerprint density at radius 3 is 3.08 bits per heavy atom. The first-order chi connectivity index (χ1) is 5.77. The van der Waals surface area contributed by atoms with Gasteiger partial charge in [0.2, 0.25) is 5.91 Å². The Morgan fingerprint density at radius 2 is 2.42 bits per heavy atom. The van der Waals surface area contributed by atoms with Gasteiger partial charge in [-0.1, -0.05) is 6.92 Å². The fourth-order valence-electron chi connectivity index (χ4n) is 1.73. The average Bonchev–Trinajstić information content (AvgIpc) is 2.83. The molecule has 2 atom stereocenters. The van der Waals surface area contributed by atoms with Crippen molar-refractivity contribution in [2.75, 3.05) is 19.7 Å². The van der Waals surface area contributed by atoms with Crippen LogP contribution in [0.2, 0.25) is 0 Å². The number of hydrogen-bond donors (Lipinski definition) is 0. The van der Waals surface area contributed by atoms with Crippen molar-refractivity contribution in [1.82, 2.24) is 4.90 Å². The van der Waals surface area contributed by atoms with Gasteiger partial charge >= 0.3 is 0 Å². The van der Waals surface area contributed by atoms with E-state index in [1.807, 2.05) is 11.8 Å². The molecule has 0 spiro atoms. The number of rotatable bonds is 2. The van der Waals surface area contributed by atoms with Crippen LogP contribution in [0.5, 0.6) is 0 Å².